The molecule has 0 radical (unpaired) electrons. The van der Waals surface area contributed by atoms with Crippen LogP contribution in [0.25, 0.3) is 0 Å². The quantitative estimate of drug-likeness (QED) is 0.881. The molecular weight excluding hydrogens is 331 g/mol. The molecule has 1 aliphatic carbocycles. The van der Waals surface area contributed by atoms with Crippen LogP contribution in [0, 0.1) is 11.7 Å². The molecule has 1 aromatic heterocycles. The van der Waals surface area contributed by atoms with E-state index in [-0.39, 0.29) is 17.8 Å². The van der Waals surface area contributed by atoms with E-state index in [1.54, 1.807) is 6.07 Å². The first-order chi connectivity index (χ1) is 12.6. The number of aliphatic hydroxyl groups is 1. The summed E-state index contributed by atoms with van der Waals surface area (Å²) in [7, 11) is 0. The van der Waals surface area contributed by atoms with Gasteiger partial charge in [-0.15, -0.1) is 0 Å². The third kappa shape index (κ3) is 3.65. The number of benzene rings is 1. The van der Waals surface area contributed by atoms with Gasteiger partial charge in [-0.25, -0.2) is 9.37 Å². The molecule has 1 saturated heterocycles. The Labute approximate surface area is 153 Å². The summed E-state index contributed by atoms with van der Waals surface area (Å²) in [5, 5.41) is 9.52. The van der Waals surface area contributed by atoms with Gasteiger partial charge >= 0.3 is 0 Å². The summed E-state index contributed by atoms with van der Waals surface area (Å²) < 4.78 is 13.9. The van der Waals surface area contributed by atoms with Crippen molar-refractivity contribution in [1.29, 1.82) is 0 Å². The maximum absolute atomic E-state index is 13.9. The number of nitrogen functional groups attached to an aromatic ring is 1. The Kier molecular flexibility index (Phi) is 4.76. The normalized spacial score (nSPS) is 23.7. The number of hydrogen-bond acceptors (Lipinski definition) is 5. The monoisotopic (exact) mass is 356 g/mol. The van der Waals surface area contributed by atoms with E-state index in [4.69, 9.17) is 5.73 Å². The van der Waals surface area contributed by atoms with E-state index >= 15 is 0 Å². The van der Waals surface area contributed by atoms with Crippen LogP contribution in [0.1, 0.15) is 42.9 Å². The Hall–Kier alpha value is -2.21. The van der Waals surface area contributed by atoms with Gasteiger partial charge in [0.1, 0.15) is 11.6 Å². The van der Waals surface area contributed by atoms with Gasteiger partial charge < -0.3 is 15.7 Å². The minimum Gasteiger partial charge on any atom is -0.393 e. The van der Waals surface area contributed by atoms with Crippen LogP contribution in [-0.4, -0.2) is 34.3 Å². The number of aliphatic hydroxyl groups excluding tert-OH is 1. The number of halogens is 1. The molecule has 0 atom stereocenters. The highest BCUT2D eigenvalue weighted by atomic mass is 19.1. The predicted molar refractivity (Wildman–Crippen MR) is 99.5 cm³/mol. The van der Waals surface area contributed by atoms with Gasteiger partial charge in [-0.2, -0.15) is 4.98 Å². The fourth-order valence-corrected chi connectivity index (χ4v) is 4.01. The second kappa shape index (κ2) is 7.19. The van der Waals surface area contributed by atoms with Crippen molar-refractivity contribution in [2.24, 2.45) is 5.92 Å². The van der Waals surface area contributed by atoms with Crippen molar-refractivity contribution in [2.75, 3.05) is 23.7 Å². The molecular formula is C20H25FN4O. The molecule has 0 unspecified atom stereocenters. The van der Waals surface area contributed by atoms with Crippen molar-refractivity contribution in [3.63, 3.8) is 0 Å². The third-order valence-electron chi connectivity index (χ3n) is 5.69. The molecule has 6 heteroatoms. The summed E-state index contributed by atoms with van der Waals surface area (Å²) >= 11 is 0. The SMILES string of the molecule is Nc1nc(C2CC(O)C2)cc(N2CCC(Cc3ccccc3F)CC2)n1. The average Bonchev–Trinajstić information content (AvgIpc) is 2.61. The van der Waals surface area contributed by atoms with Crippen LogP contribution in [0.2, 0.25) is 0 Å². The number of aromatic nitrogens is 2. The van der Waals surface area contributed by atoms with Crippen molar-refractivity contribution in [2.45, 2.75) is 44.1 Å². The van der Waals surface area contributed by atoms with Crippen molar-refractivity contribution in [3.8, 4) is 0 Å². The number of rotatable bonds is 4. The first-order valence-corrected chi connectivity index (χ1v) is 9.39. The van der Waals surface area contributed by atoms with E-state index in [1.807, 2.05) is 18.2 Å². The van der Waals surface area contributed by atoms with Crippen LogP contribution in [0.4, 0.5) is 16.2 Å². The van der Waals surface area contributed by atoms with E-state index in [0.717, 1.165) is 62.3 Å². The zero-order valence-corrected chi connectivity index (χ0v) is 14.8. The van der Waals surface area contributed by atoms with Crippen LogP contribution in [0.3, 0.4) is 0 Å². The lowest BCUT2D eigenvalue weighted by Gasteiger charge is -2.34. The summed E-state index contributed by atoms with van der Waals surface area (Å²) in [4.78, 5) is 11.0. The number of nitrogens with zero attached hydrogens (tertiary/aromatic N) is 3. The molecule has 0 bridgehead atoms. The van der Waals surface area contributed by atoms with Gasteiger partial charge in [0.15, 0.2) is 0 Å². The topological polar surface area (TPSA) is 75.3 Å². The highest BCUT2D eigenvalue weighted by Gasteiger charge is 2.31. The summed E-state index contributed by atoms with van der Waals surface area (Å²) in [5.74, 6) is 1.84. The lowest BCUT2D eigenvalue weighted by molar-refractivity contribution is 0.0732. The lowest BCUT2D eigenvalue weighted by atomic mass is 9.80. The number of nitrogens with two attached hydrogens (primary N) is 1. The van der Waals surface area contributed by atoms with Crippen LogP contribution < -0.4 is 10.6 Å². The van der Waals surface area contributed by atoms with Crippen molar-refractivity contribution in [3.05, 3.63) is 47.4 Å². The van der Waals surface area contributed by atoms with Crippen LogP contribution in [0.15, 0.2) is 30.3 Å². The molecule has 5 nitrogen and oxygen atoms in total. The second-order valence-electron chi connectivity index (χ2n) is 7.56. The summed E-state index contributed by atoms with van der Waals surface area (Å²) in [6.07, 6.45) is 4.10. The highest BCUT2D eigenvalue weighted by molar-refractivity contribution is 5.45. The summed E-state index contributed by atoms with van der Waals surface area (Å²) in [6, 6.07) is 9.07. The van der Waals surface area contributed by atoms with Gasteiger partial charge in [-0.3, -0.25) is 0 Å². The van der Waals surface area contributed by atoms with Crippen molar-refractivity contribution >= 4 is 11.8 Å². The van der Waals surface area contributed by atoms with Crippen molar-refractivity contribution in [1.82, 2.24) is 9.97 Å². The van der Waals surface area contributed by atoms with Gasteiger partial charge in [-0.1, -0.05) is 18.2 Å². The van der Waals surface area contributed by atoms with Gasteiger partial charge in [0.25, 0.3) is 0 Å². The maximum atomic E-state index is 13.9. The molecule has 1 aromatic carbocycles. The zero-order chi connectivity index (χ0) is 18.1. The highest BCUT2D eigenvalue weighted by Crippen LogP contribution is 2.37. The standard InChI is InChI=1S/C20H25FN4O/c21-17-4-2-1-3-14(17)9-13-5-7-25(8-6-13)19-12-18(23-20(22)24-19)15-10-16(26)11-15/h1-4,12-13,15-16,26H,5-11H2,(H2,22,23,24). The Bertz CT molecular complexity index is 770. The van der Waals surface area contributed by atoms with Gasteiger partial charge in [0, 0.05) is 25.1 Å². The molecule has 1 saturated carbocycles. The smallest absolute Gasteiger partial charge is 0.222 e. The number of piperidine rings is 1. The van der Waals surface area contributed by atoms with Crippen LogP contribution >= 0.6 is 0 Å². The van der Waals surface area contributed by atoms with E-state index in [9.17, 15) is 9.50 Å². The molecule has 0 amide bonds. The van der Waals surface area contributed by atoms with E-state index < -0.39 is 0 Å². The Balaban J connectivity index is 1.39. The first kappa shape index (κ1) is 17.2. The molecule has 0 spiro atoms. The van der Waals surface area contributed by atoms with Crippen LogP contribution in [-0.2, 0) is 6.42 Å². The second-order valence-corrected chi connectivity index (χ2v) is 7.56. The molecule has 2 aromatic rings. The third-order valence-corrected chi connectivity index (χ3v) is 5.69. The number of hydrogen-bond donors (Lipinski definition) is 2. The summed E-state index contributed by atoms with van der Waals surface area (Å²) in [5.41, 5.74) is 7.66. The fourth-order valence-electron chi connectivity index (χ4n) is 4.01. The lowest BCUT2D eigenvalue weighted by Crippen LogP contribution is -2.35. The molecule has 26 heavy (non-hydrogen) atoms. The molecule has 2 heterocycles. The molecule has 1 aliphatic heterocycles. The molecule has 3 N–H and O–H groups in total. The molecule has 2 fully saturated rings. The zero-order valence-electron chi connectivity index (χ0n) is 14.8. The van der Waals surface area contributed by atoms with E-state index in [2.05, 4.69) is 14.9 Å². The fraction of sp³-hybridized carbons (Fsp3) is 0.500. The van der Waals surface area contributed by atoms with E-state index in [1.165, 1.54) is 6.07 Å². The minimum atomic E-state index is -0.214. The maximum Gasteiger partial charge on any atom is 0.222 e. The van der Waals surface area contributed by atoms with Crippen LogP contribution in [0.5, 0.6) is 0 Å². The average molecular weight is 356 g/mol. The van der Waals surface area contributed by atoms with Gasteiger partial charge in [0.05, 0.1) is 11.8 Å². The Morgan fingerprint density at radius 3 is 2.58 bits per heavy atom. The first-order valence-electron chi connectivity index (χ1n) is 9.39. The molecule has 2 aliphatic rings. The van der Waals surface area contributed by atoms with Gasteiger partial charge in [-0.05, 0) is 49.7 Å². The van der Waals surface area contributed by atoms with Crippen molar-refractivity contribution < 1.29 is 9.50 Å². The molecule has 138 valence electrons. The Morgan fingerprint density at radius 2 is 1.88 bits per heavy atom. The predicted octanol–water partition coefficient (Wildman–Crippen LogP) is 2.90. The minimum absolute atomic E-state index is 0.106. The summed E-state index contributed by atoms with van der Waals surface area (Å²) in [6.45, 7) is 1.78. The number of anilines is 2. The van der Waals surface area contributed by atoms with Gasteiger partial charge in [0.2, 0.25) is 5.95 Å². The molecule has 4 rings (SSSR count). The van der Waals surface area contributed by atoms with E-state index in [0.29, 0.717) is 11.9 Å². The largest absolute Gasteiger partial charge is 0.393 e. The Morgan fingerprint density at radius 1 is 1.15 bits per heavy atom.